The van der Waals surface area contributed by atoms with Gasteiger partial charge in [0, 0.05) is 12.6 Å². The summed E-state index contributed by atoms with van der Waals surface area (Å²) >= 11 is 6.09. The van der Waals surface area contributed by atoms with Crippen molar-refractivity contribution in [2.24, 2.45) is 0 Å². The van der Waals surface area contributed by atoms with E-state index in [1.54, 1.807) is 12.1 Å². The second-order valence-corrected chi connectivity index (χ2v) is 5.99. The van der Waals surface area contributed by atoms with Gasteiger partial charge in [0.15, 0.2) is 11.5 Å². The molecule has 0 bridgehead atoms. The van der Waals surface area contributed by atoms with Crippen LogP contribution < -0.4 is 20.1 Å². The lowest BCUT2D eigenvalue weighted by molar-refractivity contribution is -0.114. The quantitative estimate of drug-likeness (QED) is 0.879. The molecular formula is C18H17ClN2O4. The summed E-state index contributed by atoms with van der Waals surface area (Å²) in [4.78, 5) is 23.5. The molecule has 0 saturated carbocycles. The van der Waals surface area contributed by atoms with Gasteiger partial charge in [-0.1, -0.05) is 23.7 Å². The number of rotatable bonds is 4. The van der Waals surface area contributed by atoms with Gasteiger partial charge in [-0.3, -0.25) is 9.59 Å². The number of nitrogens with one attached hydrogen (secondary N) is 2. The van der Waals surface area contributed by atoms with Crippen LogP contribution in [0.5, 0.6) is 11.5 Å². The van der Waals surface area contributed by atoms with Crippen molar-refractivity contribution in [3.05, 3.63) is 53.1 Å². The second kappa shape index (κ2) is 7.44. The van der Waals surface area contributed by atoms with Crippen LogP contribution in [-0.4, -0.2) is 31.1 Å². The van der Waals surface area contributed by atoms with Crippen molar-refractivity contribution in [3.8, 4) is 11.5 Å². The number of para-hydroxylation sites is 2. The Labute approximate surface area is 150 Å². The van der Waals surface area contributed by atoms with Crippen molar-refractivity contribution in [2.75, 3.05) is 18.5 Å². The lowest BCUT2D eigenvalue weighted by Crippen LogP contribution is -2.40. The lowest BCUT2D eigenvalue weighted by Gasteiger charge is -2.26. The van der Waals surface area contributed by atoms with Gasteiger partial charge in [0.25, 0.3) is 5.91 Å². The highest BCUT2D eigenvalue weighted by molar-refractivity contribution is 6.34. The molecule has 1 atom stereocenters. The molecule has 1 aliphatic heterocycles. The Morgan fingerprint density at radius 3 is 2.72 bits per heavy atom. The molecule has 2 aromatic carbocycles. The zero-order valence-corrected chi connectivity index (χ0v) is 14.3. The first-order chi connectivity index (χ1) is 12.0. The normalized spacial score (nSPS) is 15.4. The Bertz CT molecular complexity index is 809. The summed E-state index contributed by atoms with van der Waals surface area (Å²) in [5.74, 6) is 0.773. The molecule has 0 spiro atoms. The standard InChI is InChI=1S/C18H17ClN2O4/c1-11(22)21-12-6-7-15(19)14(8-12)18(23)20-9-13-10-24-16-4-2-3-5-17(16)25-13/h2-8,13H,9-10H2,1H3,(H,20,23)(H,21,22). The van der Waals surface area contributed by atoms with Gasteiger partial charge in [0.05, 0.1) is 17.1 Å². The van der Waals surface area contributed by atoms with Crippen LogP contribution in [0, 0.1) is 0 Å². The molecule has 6 nitrogen and oxygen atoms in total. The SMILES string of the molecule is CC(=O)Nc1ccc(Cl)c(C(=O)NCC2COc3ccccc3O2)c1. The van der Waals surface area contributed by atoms with Gasteiger partial charge in [0.2, 0.25) is 5.91 Å². The third-order valence-corrected chi connectivity index (χ3v) is 3.92. The summed E-state index contributed by atoms with van der Waals surface area (Å²) < 4.78 is 11.4. The highest BCUT2D eigenvalue weighted by atomic mass is 35.5. The summed E-state index contributed by atoms with van der Waals surface area (Å²) in [5.41, 5.74) is 0.790. The molecule has 1 unspecified atom stereocenters. The van der Waals surface area contributed by atoms with E-state index in [9.17, 15) is 9.59 Å². The van der Waals surface area contributed by atoms with Gasteiger partial charge in [-0.2, -0.15) is 0 Å². The molecule has 7 heteroatoms. The number of hydrogen-bond donors (Lipinski definition) is 2. The minimum absolute atomic E-state index is 0.222. The van der Waals surface area contributed by atoms with Crippen molar-refractivity contribution < 1.29 is 19.1 Å². The van der Waals surface area contributed by atoms with E-state index in [1.165, 1.54) is 13.0 Å². The average Bonchev–Trinajstić information content (AvgIpc) is 2.60. The minimum atomic E-state index is -0.348. The molecule has 1 heterocycles. The molecule has 130 valence electrons. The van der Waals surface area contributed by atoms with E-state index < -0.39 is 0 Å². The first kappa shape index (κ1) is 17.1. The Balaban J connectivity index is 1.62. The molecule has 0 radical (unpaired) electrons. The summed E-state index contributed by atoms with van der Waals surface area (Å²) in [6.45, 7) is 2.01. The maximum atomic E-state index is 12.4. The maximum absolute atomic E-state index is 12.4. The molecule has 25 heavy (non-hydrogen) atoms. The van der Waals surface area contributed by atoms with Gasteiger partial charge < -0.3 is 20.1 Å². The highest BCUT2D eigenvalue weighted by Gasteiger charge is 2.22. The molecule has 0 fully saturated rings. The number of amides is 2. The van der Waals surface area contributed by atoms with Crippen LogP contribution in [0.3, 0.4) is 0 Å². The monoisotopic (exact) mass is 360 g/mol. The summed E-state index contributed by atoms with van der Waals surface area (Å²) in [6.07, 6.45) is -0.295. The van der Waals surface area contributed by atoms with E-state index in [1.807, 2.05) is 24.3 Å². The number of carbonyl (C=O) groups is 2. The van der Waals surface area contributed by atoms with Gasteiger partial charge in [-0.15, -0.1) is 0 Å². The molecule has 2 amide bonds. The van der Waals surface area contributed by atoms with E-state index in [0.717, 1.165) is 0 Å². The van der Waals surface area contributed by atoms with E-state index in [0.29, 0.717) is 28.8 Å². The number of ether oxygens (including phenoxy) is 2. The number of carbonyl (C=O) groups excluding carboxylic acids is 2. The van der Waals surface area contributed by atoms with Crippen molar-refractivity contribution in [3.63, 3.8) is 0 Å². The van der Waals surface area contributed by atoms with Crippen molar-refractivity contribution >= 4 is 29.1 Å². The van der Waals surface area contributed by atoms with E-state index in [2.05, 4.69) is 10.6 Å². The smallest absolute Gasteiger partial charge is 0.253 e. The lowest BCUT2D eigenvalue weighted by atomic mass is 10.1. The van der Waals surface area contributed by atoms with Crippen LogP contribution >= 0.6 is 11.6 Å². The molecule has 2 aromatic rings. The number of fused-ring (bicyclic) bond motifs is 1. The van der Waals surface area contributed by atoms with Crippen LogP contribution in [0.25, 0.3) is 0 Å². The summed E-state index contributed by atoms with van der Waals surface area (Å²) in [7, 11) is 0. The number of anilines is 1. The van der Waals surface area contributed by atoms with Crippen molar-refractivity contribution in [2.45, 2.75) is 13.0 Å². The van der Waals surface area contributed by atoms with Crippen LogP contribution in [0.4, 0.5) is 5.69 Å². The molecule has 0 saturated heterocycles. The number of hydrogen-bond acceptors (Lipinski definition) is 4. The Kier molecular flexibility index (Phi) is 5.09. The van der Waals surface area contributed by atoms with Crippen LogP contribution in [-0.2, 0) is 4.79 Å². The predicted molar refractivity (Wildman–Crippen MR) is 94.4 cm³/mol. The van der Waals surface area contributed by atoms with Crippen LogP contribution in [0.1, 0.15) is 17.3 Å². The fourth-order valence-corrected chi connectivity index (χ4v) is 2.65. The van der Waals surface area contributed by atoms with Crippen LogP contribution in [0.2, 0.25) is 5.02 Å². The molecule has 3 rings (SSSR count). The molecule has 2 N–H and O–H groups in total. The zero-order chi connectivity index (χ0) is 17.8. The van der Waals surface area contributed by atoms with Crippen LogP contribution in [0.15, 0.2) is 42.5 Å². The number of halogens is 1. The summed E-state index contributed by atoms with van der Waals surface area (Å²) in [6, 6.07) is 12.1. The Hall–Kier alpha value is -2.73. The molecule has 1 aliphatic rings. The predicted octanol–water partition coefficient (Wildman–Crippen LogP) is 2.87. The van der Waals surface area contributed by atoms with Crippen molar-refractivity contribution in [1.29, 1.82) is 0 Å². The van der Waals surface area contributed by atoms with E-state index in [-0.39, 0.29) is 30.0 Å². The summed E-state index contributed by atoms with van der Waals surface area (Å²) in [5, 5.41) is 5.70. The zero-order valence-electron chi connectivity index (χ0n) is 13.5. The van der Waals surface area contributed by atoms with E-state index >= 15 is 0 Å². The Morgan fingerprint density at radius 2 is 1.96 bits per heavy atom. The largest absolute Gasteiger partial charge is 0.486 e. The fourth-order valence-electron chi connectivity index (χ4n) is 2.45. The third-order valence-electron chi connectivity index (χ3n) is 3.59. The first-order valence-corrected chi connectivity index (χ1v) is 8.14. The molecule has 0 aromatic heterocycles. The third kappa shape index (κ3) is 4.22. The minimum Gasteiger partial charge on any atom is -0.486 e. The van der Waals surface area contributed by atoms with Gasteiger partial charge in [0.1, 0.15) is 12.7 Å². The fraction of sp³-hybridized carbons (Fsp3) is 0.222. The molecule has 0 aliphatic carbocycles. The first-order valence-electron chi connectivity index (χ1n) is 7.77. The van der Waals surface area contributed by atoms with E-state index in [4.69, 9.17) is 21.1 Å². The van der Waals surface area contributed by atoms with Gasteiger partial charge in [-0.05, 0) is 30.3 Å². The van der Waals surface area contributed by atoms with Gasteiger partial charge in [-0.25, -0.2) is 0 Å². The number of benzene rings is 2. The highest BCUT2D eigenvalue weighted by Crippen LogP contribution is 2.30. The van der Waals surface area contributed by atoms with Gasteiger partial charge >= 0.3 is 0 Å². The maximum Gasteiger partial charge on any atom is 0.253 e. The Morgan fingerprint density at radius 1 is 1.20 bits per heavy atom. The molecular weight excluding hydrogens is 344 g/mol. The second-order valence-electron chi connectivity index (χ2n) is 5.58. The topological polar surface area (TPSA) is 76.7 Å². The van der Waals surface area contributed by atoms with Crippen molar-refractivity contribution in [1.82, 2.24) is 5.32 Å². The average molecular weight is 361 g/mol.